The quantitative estimate of drug-likeness (QED) is 0.318. The fourth-order valence-electron chi connectivity index (χ4n) is 6.75. The first kappa shape index (κ1) is 33.6. The van der Waals surface area contributed by atoms with E-state index in [9.17, 15) is 23.6 Å². The molecule has 4 aromatic carbocycles. The molecule has 0 saturated carbocycles. The van der Waals surface area contributed by atoms with Crippen molar-refractivity contribution in [2.24, 2.45) is 0 Å². The van der Waals surface area contributed by atoms with Crippen molar-refractivity contribution in [3.05, 3.63) is 107 Å². The number of benzene rings is 4. The van der Waals surface area contributed by atoms with Crippen molar-refractivity contribution in [3.8, 4) is 28.4 Å². The molecule has 4 amide bonds. The Kier molecular flexibility index (Phi) is 9.56. The molecular weight excluding hydrogens is 655 g/mol. The summed E-state index contributed by atoms with van der Waals surface area (Å²) in [4.78, 5) is 56.3. The van der Waals surface area contributed by atoms with E-state index in [-0.39, 0.29) is 37.3 Å². The molecule has 3 aliphatic rings. The van der Waals surface area contributed by atoms with Crippen molar-refractivity contribution in [2.75, 3.05) is 38.3 Å². The second kappa shape index (κ2) is 14.5. The van der Waals surface area contributed by atoms with Gasteiger partial charge in [0.05, 0.1) is 13.2 Å². The smallest absolute Gasteiger partial charge is 0.258 e. The lowest BCUT2D eigenvalue weighted by atomic mass is 9.98. The van der Waals surface area contributed by atoms with Gasteiger partial charge >= 0.3 is 0 Å². The molecule has 51 heavy (non-hydrogen) atoms. The number of ether oxygens (including phenoxy) is 3. The third-order valence-electron chi connectivity index (χ3n) is 9.32. The number of carbonyl (C=O) groups is 4. The molecule has 3 heterocycles. The molecule has 0 aromatic heterocycles. The first-order valence-corrected chi connectivity index (χ1v) is 16.9. The average Bonchev–Trinajstić information content (AvgIpc) is 3.58. The van der Waals surface area contributed by atoms with Gasteiger partial charge in [0.1, 0.15) is 29.2 Å². The number of nitrogens with one attached hydrogen (secondary N) is 2. The van der Waals surface area contributed by atoms with Gasteiger partial charge in [-0.05, 0) is 78.2 Å². The molecule has 2 saturated heterocycles. The van der Waals surface area contributed by atoms with Crippen LogP contribution in [0.4, 0.5) is 10.1 Å². The molecular formula is C39H37FN4O7. The van der Waals surface area contributed by atoms with E-state index in [4.69, 9.17) is 14.2 Å². The molecule has 262 valence electrons. The summed E-state index contributed by atoms with van der Waals surface area (Å²) in [7, 11) is 1.54. The predicted octanol–water partition coefficient (Wildman–Crippen LogP) is 4.73. The minimum absolute atomic E-state index is 0.0266. The third kappa shape index (κ3) is 7.49. The second-order valence-electron chi connectivity index (χ2n) is 12.8. The summed E-state index contributed by atoms with van der Waals surface area (Å²) in [5.74, 6) is -0.374. The Hall–Kier alpha value is -5.91. The van der Waals surface area contributed by atoms with Crippen LogP contribution in [0, 0.1) is 5.82 Å². The fraction of sp³-hybridized carbons (Fsp3) is 0.282. The van der Waals surface area contributed by atoms with Gasteiger partial charge in [-0.2, -0.15) is 0 Å². The number of rotatable bonds is 3. The van der Waals surface area contributed by atoms with Gasteiger partial charge in [0.15, 0.2) is 6.61 Å². The minimum Gasteiger partial charge on any atom is -0.496 e. The van der Waals surface area contributed by atoms with Crippen LogP contribution >= 0.6 is 0 Å². The number of fused-ring (bicyclic) bond motifs is 8. The number of hydrogen-bond acceptors (Lipinski definition) is 7. The van der Waals surface area contributed by atoms with E-state index in [1.165, 1.54) is 19.2 Å². The number of hydrogen-bond donors (Lipinski definition) is 2. The zero-order chi connectivity index (χ0) is 35.5. The number of nitrogens with zero attached hydrogens (tertiary/aromatic N) is 2. The van der Waals surface area contributed by atoms with Crippen molar-refractivity contribution < 1.29 is 37.8 Å². The lowest BCUT2D eigenvalue weighted by Gasteiger charge is -2.39. The van der Waals surface area contributed by atoms with Crippen LogP contribution in [0.15, 0.2) is 84.9 Å². The van der Waals surface area contributed by atoms with E-state index in [2.05, 4.69) is 10.6 Å². The SMILES string of the molecule is COc1ccc2cc1-c1cccc(c1)OCC(=O)NCc1cc(F)cc(c1)O[C@@H]1CCN(C(=O)c3cccc(N4CCCC4=O)c3)C[C@H]1NC2=O. The first-order chi connectivity index (χ1) is 24.7. The number of carbonyl (C=O) groups excluding carboxylic acids is 4. The maximum atomic E-state index is 14.8. The molecule has 0 spiro atoms. The number of amides is 4. The van der Waals surface area contributed by atoms with Crippen LogP contribution in [-0.4, -0.2) is 74.0 Å². The summed E-state index contributed by atoms with van der Waals surface area (Å²) in [6, 6.07) is 22.7. The van der Waals surface area contributed by atoms with Gasteiger partial charge in [-0.15, -0.1) is 0 Å². The lowest BCUT2D eigenvalue weighted by molar-refractivity contribution is -0.123. The van der Waals surface area contributed by atoms with E-state index >= 15 is 0 Å². The van der Waals surface area contributed by atoms with E-state index in [1.807, 2.05) is 12.1 Å². The molecule has 0 radical (unpaired) electrons. The molecule has 0 aliphatic carbocycles. The van der Waals surface area contributed by atoms with Gasteiger partial charge < -0.3 is 34.6 Å². The maximum absolute atomic E-state index is 14.8. The van der Waals surface area contributed by atoms with Gasteiger partial charge in [0.2, 0.25) is 5.91 Å². The average molecular weight is 693 g/mol. The summed E-state index contributed by atoms with van der Waals surface area (Å²) in [6.45, 7) is 0.802. The van der Waals surface area contributed by atoms with Crippen molar-refractivity contribution in [3.63, 3.8) is 0 Å². The number of methoxy groups -OCH3 is 1. The molecule has 11 nitrogen and oxygen atoms in total. The van der Waals surface area contributed by atoms with Crippen LogP contribution in [0.2, 0.25) is 0 Å². The summed E-state index contributed by atoms with van der Waals surface area (Å²) in [6.07, 6.45) is 0.955. The highest BCUT2D eigenvalue weighted by molar-refractivity contribution is 5.99. The van der Waals surface area contributed by atoms with Crippen LogP contribution in [0.25, 0.3) is 11.1 Å². The largest absolute Gasteiger partial charge is 0.496 e. The van der Waals surface area contributed by atoms with Crippen LogP contribution in [0.1, 0.15) is 45.5 Å². The van der Waals surface area contributed by atoms with Crippen molar-refractivity contribution in [2.45, 2.75) is 38.0 Å². The predicted molar refractivity (Wildman–Crippen MR) is 186 cm³/mol. The van der Waals surface area contributed by atoms with Gasteiger partial charge in [-0.25, -0.2) is 4.39 Å². The standard InChI is InChI=1S/C39H37FN4O7/c1-49-34-11-10-26-19-32(34)25-5-3-8-30(18-25)50-23-36(45)41-21-24-15-28(40)20-31(16-24)51-35-12-14-43(22-33(35)42-38(26)47)39(48)27-6-2-7-29(17-27)44-13-4-9-37(44)46/h2-3,5-8,10-11,15-20,33,35H,4,9,12-14,21-23H2,1H3,(H,41,45)(H,42,47)/t33-,35-/m1/s1. The van der Waals surface area contributed by atoms with Crippen LogP contribution in [0.5, 0.6) is 17.2 Å². The highest BCUT2D eigenvalue weighted by Crippen LogP contribution is 2.33. The number of piperidine rings is 1. The molecule has 3 aliphatic heterocycles. The monoisotopic (exact) mass is 692 g/mol. The molecule has 2 fully saturated rings. The van der Waals surface area contributed by atoms with Gasteiger partial charge in [-0.3, -0.25) is 19.2 Å². The number of anilines is 1. The second-order valence-corrected chi connectivity index (χ2v) is 12.8. The maximum Gasteiger partial charge on any atom is 0.258 e. The molecule has 4 aromatic rings. The summed E-state index contributed by atoms with van der Waals surface area (Å²) in [5.41, 5.74) is 3.26. The van der Waals surface area contributed by atoms with E-state index in [1.54, 1.807) is 70.5 Å². The summed E-state index contributed by atoms with van der Waals surface area (Å²) < 4.78 is 32.5. The lowest BCUT2D eigenvalue weighted by Crippen LogP contribution is -2.58. The molecule has 2 N–H and O–H groups in total. The topological polar surface area (TPSA) is 127 Å². The van der Waals surface area contributed by atoms with E-state index in [0.29, 0.717) is 70.9 Å². The van der Waals surface area contributed by atoms with Crippen LogP contribution in [0.3, 0.4) is 0 Å². The molecule has 6 bridgehead atoms. The molecule has 0 unspecified atom stereocenters. The van der Waals surface area contributed by atoms with Gasteiger partial charge in [-0.1, -0.05) is 18.2 Å². The van der Waals surface area contributed by atoms with Crippen molar-refractivity contribution >= 4 is 29.3 Å². The van der Waals surface area contributed by atoms with E-state index < -0.39 is 29.8 Å². The Morgan fingerprint density at radius 3 is 2.61 bits per heavy atom. The summed E-state index contributed by atoms with van der Waals surface area (Å²) >= 11 is 0. The van der Waals surface area contributed by atoms with Gasteiger partial charge in [0, 0.05) is 67.5 Å². The Bertz CT molecular complexity index is 2000. The highest BCUT2D eigenvalue weighted by Gasteiger charge is 2.35. The summed E-state index contributed by atoms with van der Waals surface area (Å²) in [5, 5.41) is 5.84. The molecule has 7 rings (SSSR count). The first-order valence-electron chi connectivity index (χ1n) is 16.9. The zero-order valence-electron chi connectivity index (χ0n) is 28.0. The van der Waals surface area contributed by atoms with Crippen LogP contribution < -0.4 is 29.7 Å². The Balaban J connectivity index is 1.21. The van der Waals surface area contributed by atoms with Crippen molar-refractivity contribution in [1.29, 1.82) is 0 Å². The Labute approximate surface area is 294 Å². The molecule has 12 heteroatoms. The highest BCUT2D eigenvalue weighted by atomic mass is 19.1. The Morgan fingerprint density at radius 1 is 0.922 bits per heavy atom. The minimum atomic E-state index is -0.686. The zero-order valence-corrected chi connectivity index (χ0v) is 28.0. The van der Waals surface area contributed by atoms with Crippen molar-refractivity contribution in [1.82, 2.24) is 15.5 Å². The normalized spacial score (nSPS) is 19.3. The number of likely N-dealkylation sites (tertiary alicyclic amines) is 1. The van der Waals surface area contributed by atoms with E-state index in [0.717, 1.165) is 6.42 Å². The number of halogens is 1. The van der Waals surface area contributed by atoms with Crippen LogP contribution in [-0.2, 0) is 16.1 Å². The Morgan fingerprint density at radius 2 is 1.78 bits per heavy atom. The molecule has 2 atom stereocenters. The van der Waals surface area contributed by atoms with Gasteiger partial charge in [0.25, 0.3) is 17.7 Å². The fourth-order valence-corrected chi connectivity index (χ4v) is 6.75. The third-order valence-corrected chi connectivity index (χ3v) is 9.32.